The smallest absolute Gasteiger partial charge is 0.337 e. The summed E-state index contributed by atoms with van der Waals surface area (Å²) in [6.45, 7) is 0.438. The summed E-state index contributed by atoms with van der Waals surface area (Å²) in [5.41, 5.74) is 4.65. The van der Waals surface area contributed by atoms with Crippen molar-refractivity contribution >= 4 is 5.91 Å². The van der Waals surface area contributed by atoms with Gasteiger partial charge < -0.3 is 10.6 Å². The van der Waals surface area contributed by atoms with Gasteiger partial charge in [0, 0.05) is 25.3 Å². The average molecular weight is 413 g/mol. The number of hydrogen-bond acceptors (Lipinski definition) is 3. The molecule has 1 aliphatic rings. The van der Waals surface area contributed by atoms with Crippen LogP contribution in [0, 0.1) is 17.6 Å². The Bertz CT molecular complexity index is 879. The second kappa shape index (κ2) is 8.44. The molecule has 2 heterocycles. The highest BCUT2D eigenvalue weighted by Crippen LogP contribution is 2.32. The maximum Gasteiger partial charge on any atom is 0.418 e. The van der Waals surface area contributed by atoms with Crippen molar-refractivity contribution in [3.63, 3.8) is 0 Å². The fourth-order valence-corrected chi connectivity index (χ4v) is 3.61. The third kappa shape index (κ3) is 4.90. The summed E-state index contributed by atoms with van der Waals surface area (Å²) >= 11 is 0. The molecule has 0 saturated carbocycles. The largest absolute Gasteiger partial charge is 0.418 e. The number of pyridine rings is 1. The van der Waals surface area contributed by atoms with E-state index in [0.29, 0.717) is 12.8 Å². The SMILES string of the molecule is NC(Cc1cc(F)ccc1F)C1CCN(C(=O)c2ncccc2C(F)(F)F)CC1. The minimum absolute atomic E-state index is 0.0625. The van der Waals surface area contributed by atoms with Gasteiger partial charge in [0.05, 0.1) is 5.56 Å². The van der Waals surface area contributed by atoms with Gasteiger partial charge in [-0.2, -0.15) is 13.2 Å². The zero-order chi connectivity index (χ0) is 21.2. The van der Waals surface area contributed by atoms with Crippen molar-refractivity contribution in [2.75, 3.05) is 13.1 Å². The van der Waals surface area contributed by atoms with Crippen molar-refractivity contribution in [2.24, 2.45) is 11.7 Å². The molecule has 0 spiro atoms. The number of nitrogens with zero attached hydrogens (tertiary/aromatic N) is 2. The summed E-state index contributed by atoms with van der Waals surface area (Å²) in [6.07, 6.45) is -2.47. The molecule has 0 bridgehead atoms. The van der Waals surface area contributed by atoms with Gasteiger partial charge in [-0.3, -0.25) is 9.78 Å². The lowest BCUT2D eigenvalue weighted by atomic mass is 9.86. The number of carbonyl (C=O) groups excluding carboxylic acids is 1. The Morgan fingerprint density at radius 1 is 1.21 bits per heavy atom. The lowest BCUT2D eigenvalue weighted by molar-refractivity contribution is -0.138. The highest BCUT2D eigenvalue weighted by Gasteiger charge is 2.38. The number of rotatable bonds is 4. The molecule has 156 valence electrons. The lowest BCUT2D eigenvalue weighted by Gasteiger charge is -2.35. The van der Waals surface area contributed by atoms with Crippen LogP contribution >= 0.6 is 0 Å². The molecule has 4 nitrogen and oxygen atoms in total. The molecule has 1 amide bonds. The van der Waals surface area contributed by atoms with E-state index in [1.54, 1.807) is 0 Å². The number of piperidine rings is 1. The van der Waals surface area contributed by atoms with E-state index in [-0.39, 0.29) is 31.0 Å². The van der Waals surface area contributed by atoms with Gasteiger partial charge in [0.25, 0.3) is 5.91 Å². The van der Waals surface area contributed by atoms with Crippen LogP contribution in [0.1, 0.15) is 34.5 Å². The standard InChI is InChI=1S/C20H20F5N3O/c21-14-3-4-16(22)13(10-14)11-17(26)12-5-8-28(9-6-12)19(29)18-15(20(23,24)25)2-1-7-27-18/h1-4,7,10,12,17H,5-6,8-9,11,26H2. The number of nitrogens with two attached hydrogens (primary N) is 1. The molecule has 2 N–H and O–H groups in total. The Morgan fingerprint density at radius 2 is 1.90 bits per heavy atom. The summed E-state index contributed by atoms with van der Waals surface area (Å²) < 4.78 is 66.5. The van der Waals surface area contributed by atoms with Crippen molar-refractivity contribution in [1.82, 2.24) is 9.88 Å². The molecule has 0 aliphatic carbocycles. The molecular weight excluding hydrogens is 393 g/mol. The van der Waals surface area contributed by atoms with Crippen LogP contribution < -0.4 is 5.73 Å². The van der Waals surface area contributed by atoms with Crippen LogP contribution in [-0.4, -0.2) is 34.9 Å². The summed E-state index contributed by atoms with van der Waals surface area (Å²) in [5.74, 6) is -1.93. The first kappa shape index (κ1) is 21.2. The van der Waals surface area contributed by atoms with E-state index >= 15 is 0 Å². The molecule has 1 aromatic carbocycles. The molecule has 1 unspecified atom stereocenters. The molecule has 1 saturated heterocycles. The lowest BCUT2D eigenvalue weighted by Crippen LogP contribution is -2.44. The Labute approximate surface area is 164 Å². The predicted molar refractivity (Wildman–Crippen MR) is 95.9 cm³/mol. The molecule has 3 rings (SSSR count). The van der Waals surface area contributed by atoms with Crippen molar-refractivity contribution < 1.29 is 26.7 Å². The maximum absolute atomic E-state index is 13.8. The van der Waals surface area contributed by atoms with Gasteiger partial charge >= 0.3 is 6.18 Å². The van der Waals surface area contributed by atoms with Crippen LogP contribution in [0.5, 0.6) is 0 Å². The van der Waals surface area contributed by atoms with Crippen molar-refractivity contribution in [3.05, 3.63) is 65.0 Å². The summed E-state index contributed by atoms with van der Waals surface area (Å²) in [7, 11) is 0. The minimum atomic E-state index is -4.67. The molecular formula is C20H20F5N3O. The Balaban J connectivity index is 1.63. The second-order valence-corrected chi connectivity index (χ2v) is 7.13. The van der Waals surface area contributed by atoms with E-state index < -0.39 is 41.0 Å². The van der Waals surface area contributed by atoms with Gasteiger partial charge in [-0.05, 0) is 61.1 Å². The molecule has 1 atom stereocenters. The van der Waals surface area contributed by atoms with Gasteiger partial charge in [-0.25, -0.2) is 8.78 Å². The van der Waals surface area contributed by atoms with Crippen LogP contribution in [0.25, 0.3) is 0 Å². The Morgan fingerprint density at radius 3 is 2.55 bits per heavy atom. The second-order valence-electron chi connectivity index (χ2n) is 7.13. The molecule has 1 aliphatic heterocycles. The molecule has 29 heavy (non-hydrogen) atoms. The van der Waals surface area contributed by atoms with Crippen molar-refractivity contribution in [1.29, 1.82) is 0 Å². The van der Waals surface area contributed by atoms with E-state index in [2.05, 4.69) is 4.98 Å². The van der Waals surface area contributed by atoms with Crippen LogP contribution in [0.2, 0.25) is 0 Å². The van der Waals surface area contributed by atoms with Gasteiger partial charge in [0.1, 0.15) is 17.3 Å². The Kier molecular flexibility index (Phi) is 6.16. The molecule has 1 aromatic heterocycles. The fraction of sp³-hybridized carbons (Fsp3) is 0.400. The van der Waals surface area contributed by atoms with Gasteiger partial charge in [-0.1, -0.05) is 0 Å². The number of amides is 1. The summed E-state index contributed by atoms with van der Waals surface area (Å²) in [4.78, 5) is 17.5. The van der Waals surface area contributed by atoms with E-state index in [9.17, 15) is 26.7 Å². The van der Waals surface area contributed by atoms with Crippen molar-refractivity contribution in [3.8, 4) is 0 Å². The molecule has 1 fully saturated rings. The number of halogens is 5. The predicted octanol–water partition coefficient (Wildman–Crippen LogP) is 3.80. The number of carbonyl (C=O) groups is 1. The number of alkyl halides is 3. The van der Waals surface area contributed by atoms with E-state index in [1.807, 2.05) is 0 Å². The normalized spacial score (nSPS) is 16.7. The van der Waals surface area contributed by atoms with Crippen LogP contribution in [0.3, 0.4) is 0 Å². The quantitative estimate of drug-likeness (QED) is 0.776. The van der Waals surface area contributed by atoms with Gasteiger partial charge in [0.15, 0.2) is 0 Å². The first-order valence-corrected chi connectivity index (χ1v) is 9.18. The highest BCUT2D eigenvalue weighted by molar-refractivity contribution is 5.94. The fourth-order valence-electron chi connectivity index (χ4n) is 3.61. The number of aromatic nitrogens is 1. The first-order chi connectivity index (χ1) is 13.7. The zero-order valence-electron chi connectivity index (χ0n) is 15.4. The summed E-state index contributed by atoms with van der Waals surface area (Å²) in [6, 6.07) is 4.69. The van der Waals surface area contributed by atoms with Crippen LogP contribution in [-0.2, 0) is 12.6 Å². The monoisotopic (exact) mass is 413 g/mol. The zero-order valence-corrected chi connectivity index (χ0v) is 15.4. The molecule has 9 heteroatoms. The minimum Gasteiger partial charge on any atom is -0.337 e. The third-order valence-corrected chi connectivity index (χ3v) is 5.21. The Hall–Kier alpha value is -2.55. The van der Waals surface area contributed by atoms with Crippen LogP contribution in [0.4, 0.5) is 22.0 Å². The topological polar surface area (TPSA) is 59.2 Å². The van der Waals surface area contributed by atoms with E-state index in [1.165, 1.54) is 4.90 Å². The van der Waals surface area contributed by atoms with Crippen molar-refractivity contribution in [2.45, 2.75) is 31.5 Å². The third-order valence-electron chi connectivity index (χ3n) is 5.21. The highest BCUT2D eigenvalue weighted by atomic mass is 19.4. The molecule has 0 radical (unpaired) electrons. The van der Waals surface area contributed by atoms with Gasteiger partial charge in [0.2, 0.25) is 0 Å². The maximum atomic E-state index is 13.8. The molecule has 2 aromatic rings. The van der Waals surface area contributed by atoms with E-state index in [4.69, 9.17) is 5.73 Å². The summed E-state index contributed by atoms with van der Waals surface area (Å²) in [5, 5.41) is 0. The first-order valence-electron chi connectivity index (χ1n) is 9.18. The van der Waals surface area contributed by atoms with Crippen LogP contribution in [0.15, 0.2) is 36.5 Å². The number of likely N-dealkylation sites (tertiary alicyclic amines) is 1. The van der Waals surface area contributed by atoms with E-state index in [0.717, 1.165) is 36.5 Å². The number of benzene rings is 1. The number of hydrogen-bond donors (Lipinski definition) is 1. The van der Waals surface area contributed by atoms with Gasteiger partial charge in [-0.15, -0.1) is 0 Å². The average Bonchev–Trinajstić information content (AvgIpc) is 2.69.